The Bertz CT molecular complexity index is 575. The van der Waals surface area contributed by atoms with Gasteiger partial charge in [0.15, 0.2) is 5.01 Å². The van der Waals surface area contributed by atoms with Crippen molar-refractivity contribution in [2.45, 2.75) is 6.42 Å². The second-order valence-electron chi connectivity index (χ2n) is 5.05. The van der Waals surface area contributed by atoms with Crippen molar-refractivity contribution < 1.29 is 9.53 Å². The molecule has 1 amide bonds. The van der Waals surface area contributed by atoms with Crippen LogP contribution in [0, 0.1) is 0 Å². The number of carbonyl (C=O) groups is 1. The van der Waals surface area contributed by atoms with Crippen molar-refractivity contribution in [1.29, 1.82) is 0 Å². The molecule has 5 nitrogen and oxygen atoms in total. The average Bonchev–Trinajstić information content (AvgIpc) is 2.96. The molecule has 0 radical (unpaired) electrons. The third kappa shape index (κ3) is 3.78. The molecule has 3 rings (SSSR count). The highest BCUT2D eigenvalue weighted by Gasteiger charge is 2.12. The first-order valence-electron chi connectivity index (χ1n) is 7.27. The van der Waals surface area contributed by atoms with Crippen molar-refractivity contribution in [3.05, 3.63) is 29.3 Å². The normalized spacial score (nSPS) is 16.2. The highest BCUT2D eigenvalue weighted by Crippen LogP contribution is 2.21. The smallest absolute Gasteiger partial charge is 0.280 e. The van der Waals surface area contributed by atoms with E-state index in [1.807, 2.05) is 24.3 Å². The third-order valence-corrected chi connectivity index (χ3v) is 4.56. The van der Waals surface area contributed by atoms with Crippen LogP contribution in [0.1, 0.15) is 16.2 Å². The lowest BCUT2D eigenvalue weighted by molar-refractivity contribution is 0.0374. The van der Waals surface area contributed by atoms with E-state index in [0.29, 0.717) is 11.6 Å². The number of hydrogen-bond acceptors (Lipinski definition) is 5. The fraction of sp³-hybridized carbons (Fsp3) is 0.467. The van der Waals surface area contributed by atoms with Crippen LogP contribution in [0.2, 0.25) is 0 Å². The summed E-state index contributed by atoms with van der Waals surface area (Å²) in [5.41, 5.74) is 0.890. The number of nitrogens with zero attached hydrogens (tertiary/aromatic N) is 2. The van der Waals surface area contributed by atoms with Crippen molar-refractivity contribution in [2.75, 3.05) is 39.4 Å². The zero-order valence-electron chi connectivity index (χ0n) is 11.9. The second kappa shape index (κ2) is 6.98. The number of nitrogens with one attached hydrogen (secondary N) is 1. The summed E-state index contributed by atoms with van der Waals surface area (Å²) in [7, 11) is 0. The number of benzene rings is 1. The van der Waals surface area contributed by atoms with Crippen LogP contribution in [0.3, 0.4) is 0 Å². The van der Waals surface area contributed by atoms with E-state index >= 15 is 0 Å². The van der Waals surface area contributed by atoms with Crippen LogP contribution in [0.5, 0.6) is 0 Å². The molecule has 0 bridgehead atoms. The van der Waals surface area contributed by atoms with Crippen LogP contribution in [0.4, 0.5) is 0 Å². The van der Waals surface area contributed by atoms with Gasteiger partial charge in [0.25, 0.3) is 5.91 Å². The molecule has 0 aliphatic carbocycles. The molecule has 0 unspecified atom stereocenters. The van der Waals surface area contributed by atoms with Gasteiger partial charge in [-0.2, -0.15) is 0 Å². The van der Waals surface area contributed by atoms with Crippen LogP contribution in [-0.2, 0) is 4.74 Å². The number of ether oxygens (including phenoxy) is 1. The van der Waals surface area contributed by atoms with Gasteiger partial charge in [-0.25, -0.2) is 4.98 Å². The van der Waals surface area contributed by atoms with Crippen LogP contribution in [0.25, 0.3) is 10.2 Å². The Morgan fingerprint density at radius 1 is 1.33 bits per heavy atom. The van der Waals surface area contributed by atoms with Gasteiger partial charge in [-0.3, -0.25) is 9.69 Å². The molecule has 0 spiro atoms. The van der Waals surface area contributed by atoms with E-state index in [0.717, 1.165) is 49.5 Å². The first-order chi connectivity index (χ1) is 10.3. The molecule has 1 fully saturated rings. The molecule has 2 aromatic rings. The third-order valence-electron chi connectivity index (χ3n) is 3.53. The van der Waals surface area contributed by atoms with Gasteiger partial charge in [-0.05, 0) is 25.1 Å². The molecular weight excluding hydrogens is 286 g/mol. The van der Waals surface area contributed by atoms with Crippen molar-refractivity contribution in [1.82, 2.24) is 15.2 Å². The molecule has 0 atom stereocenters. The topological polar surface area (TPSA) is 54.5 Å². The van der Waals surface area contributed by atoms with Gasteiger partial charge in [0, 0.05) is 19.6 Å². The standard InChI is InChI=1S/C15H19N3O2S/c19-14(15-17-12-4-1-2-5-13(12)21-15)16-6-3-7-18-8-10-20-11-9-18/h1-2,4-5H,3,6-11H2,(H,16,19). The Kier molecular flexibility index (Phi) is 4.80. The van der Waals surface area contributed by atoms with Crippen LogP contribution < -0.4 is 5.32 Å². The van der Waals surface area contributed by atoms with Gasteiger partial charge < -0.3 is 10.1 Å². The summed E-state index contributed by atoms with van der Waals surface area (Å²) in [6, 6.07) is 7.82. The van der Waals surface area contributed by atoms with Gasteiger partial charge in [-0.1, -0.05) is 12.1 Å². The Morgan fingerprint density at radius 2 is 2.14 bits per heavy atom. The monoisotopic (exact) mass is 305 g/mol. The first-order valence-corrected chi connectivity index (χ1v) is 8.08. The van der Waals surface area contributed by atoms with E-state index < -0.39 is 0 Å². The van der Waals surface area contributed by atoms with Crippen molar-refractivity contribution in [2.24, 2.45) is 0 Å². The maximum Gasteiger partial charge on any atom is 0.280 e. The lowest BCUT2D eigenvalue weighted by Gasteiger charge is -2.26. The summed E-state index contributed by atoms with van der Waals surface area (Å²) >= 11 is 1.44. The van der Waals surface area contributed by atoms with E-state index in [9.17, 15) is 4.79 Å². The van der Waals surface area contributed by atoms with Crippen LogP contribution >= 0.6 is 11.3 Å². The molecule has 0 saturated carbocycles. The highest BCUT2D eigenvalue weighted by atomic mass is 32.1. The number of morpholine rings is 1. The molecule has 1 aromatic carbocycles. The zero-order valence-corrected chi connectivity index (χ0v) is 12.7. The quantitative estimate of drug-likeness (QED) is 0.855. The first kappa shape index (κ1) is 14.4. The van der Waals surface area contributed by atoms with Gasteiger partial charge in [-0.15, -0.1) is 11.3 Å². The molecule has 6 heteroatoms. The lowest BCUT2D eigenvalue weighted by atomic mass is 10.3. The molecule has 1 aliphatic rings. The number of rotatable bonds is 5. The largest absolute Gasteiger partial charge is 0.379 e. The Morgan fingerprint density at radius 3 is 2.95 bits per heavy atom. The number of aromatic nitrogens is 1. The summed E-state index contributed by atoms with van der Waals surface area (Å²) in [4.78, 5) is 18.8. The zero-order chi connectivity index (χ0) is 14.5. The minimum atomic E-state index is -0.0711. The maximum atomic E-state index is 12.1. The fourth-order valence-electron chi connectivity index (χ4n) is 2.37. The van der Waals surface area contributed by atoms with E-state index in [1.165, 1.54) is 11.3 Å². The fourth-order valence-corrected chi connectivity index (χ4v) is 3.26. The second-order valence-corrected chi connectivity index (χ2v) is 6.08. The van der Waals surface area contributed by atoms with Gasteiger partial charge in [0.2, 0.25) is 0 Å². The number of carbonyl (C=O) groups excluding carboxylic acids is 1. The Labute approximate surface area is 127 Å². The van der Waals surface area contributed by atoms with E-state index in [1.54, 1.807) is 0 Å². The number of fused-ring (bicyclic) bond motifs is 1. The molecular formula is C15H19N3O2S. The summed E-state index contributed by atoms with van der Waals surface area (Å²) < 4.78 is 6.36. The summed E-state index contributed by atoms with van der Waals surface area (Å²) in [6.45, 7) is 5.31. The van der Waals surface area contributed by atoms with Gasteiger partial charge >= 0.3 is 0 Å². The number of para-hydroxylation sites is 1. The molecule has 1 N–H and O–H groups in total. The predicted octanol–water partition coefficient (Wildman–Crippen LogP) is 1.75. The van der Waals surface area contributed by atoms with Gasteiger partial charge in [0.1, 0.15) is 0 Å². The van der Waals surface area contributed by atoms with Gasteiger partial charge in [0.05, 0.1) is 23.4 Å². The molecule has 1 saturated heterocycles. The minimum absolute atomic E-state index is 0.0711. The number of thiazole rings is 1. The van der Waals surface area contributed by atoms with E-state index in [2.05, 4.69) is 15.2 Å². The van der Waals surface area contributed by atoms with E-state index in [-0.39, 0.29) is 5.91 Å². The summed E-state index contributed by atoms with van der Waals surface area (Å²) in [5, 5.41) is 3.49. The molecule has 112 valence electrons. The van der Waals surface area contributed by atoms with Crippen molar-refractivity contribution >= 4 is 27.5 Å². The van der Waals surface area contributed by atoms with E-state index in [4.69, 9.17) is 4.74 Å². The molecule has 21 heavy (non-hydrogen) atoms. The van der Waals surface area contributed by atoms with Crippen molar-refractivity contribution in [3.63, 3.8) is 0 Å². The van der Waals surface area contributed by atoms with Crippen LogP contribution in [0.15, 0.2) is 24.3 Å². The number of hydrogen-bond donors (Lipinski definition) is 1. The SMILES string of the molecule is O=C(NCCCN1CCOCC1)c1nc2ccccc2s1. The minimum Gasteiger partial charge on any atom is -0.379 e. The molecule has 2 heterocycles. The highest BCUT2D eigenvalue weighted by molar-refractivity contribution is 7.20. The van der Waals surface area contributed by atoms with Crippen molar-refractivity contribution in [3.8, 4) is 0 Å². The lowest BCUT2D eigenvalue weighted by Crippen LogP contribution is -2.38. The summed E-state index contributed by atoms with van der Waals surface area (Å²) in [6.07, 6.45) is 0.955. The predicted molar refractivity (Wildman–Crippen MR) is 83.8 cm³/mol. The average molecular weight is 305 g/mol. The van der Waals surface area contributed by atoms with Crippen LogP contribution in [-0.4, -0.2) is 55.2 Å². The summed E-state index contributed by atoms with van der Waals surface area (Å²) in [5.74, 6) is -0.0711. The molecule has 1 aliphatic heterocycles. The molecule has 1 aromatic heterocycles. The maximum absolute atomic E-state index is 12.1. The Hall–Kier alpha value is -1.50. The Balaban J connectivity index is 1.45. The number of amides is 1.